The first-order valence-electron chi connectivity index (χ1n) is 5.28. The molecule has 0 aliphatic heterocycles. The van der Waals surface area contributed by atoms with E-state index < -0.39 is 0 Å². The lowest BCUT2D eigenvalue weighted by Gasteiger charge is -1.90. The van der Waals surface area contributed by atoms with Crippen LogP contribution in [-0.4, -0.2) is 9.97 Å². The molecule has 0 aliphatic rings. The number of nitrogens with two attached hydrogens (primary N) is 1. The van der Waals surface area contributed by atoms with Crippen LogP contribution in [0.5, 0.6) is 0 Å². The third-order valence-corrected chi connectivity index (χ3v) is 3.29. The quantitative estimate of drug-likeness (QED) is 0.722. The van der Waals surface area contributed by atoms with Crippen molar-refractivity contribution in [1.82, 2.24) is 9.97 Å². The number of nitrogens with one attached hydrogen (secondary N) is 1. The van der Waals surface area contributed by atoms with Crippen molar-refractivity contribution in [2.45, 2.75) is 0 Å². The lowest BCUT2D eigenvalue weighted by Crippen LogP contribution is -1.80. The number of rotatable bonds is 2. The molecule has 2 heterocycles. The molecule has 3 nitrogen and oxygen atoms in total. The fourth-order valence-corrected chi connectivity index (χ4v) is 2.32. The summed E-state index contributed by atoms with van der Waals surface area (Å²) in [5.41, 5.74) is 8.79. The number of aromatic nitrogens is 2. The second-order valence-corrected chi connectivity index (χ2v) is 4.62. The third-order valence-electron chi connectivity index (χ3n) is 2.59. The van der Waals surface area contributed by atoms with E-state index in [-0.39, 0.29) is 0 Å². The summed E-state index contributed by atoms with van der Waals surface area (Å²) >= 11 is 1.45. The van der Waals surface area contributed by atoms with Crippen molar-refractivity contribution in [3.05, 3.63) is 47.1 Å². The van der Waals surface area contributed by atoms with Gasteiger partial charge >= 0.3 is 0 Å². The standard InChI is InChI=1S/C13H11N3S/c14-13-16-10(8-17-13)6-5-9-7-15-12-4-2-1-3-11(9)12/h1-8,15H,(H2,14,16). The number of hydrogen-bond acceptors (Lipinski definition) is 3. The van der Waals surface area contributed by atoms with Crippen LogP contribution in [0.1, 0.15) is 11.3 Å². The molecule has 2 aromatic heterocycles. The van der Waals surface area contributed by atoms with Crippen LogP contribution in [0.4, 0.5) is 5.13 Å². The molecule has 0 aliphatic carbocycles. The molecule has 3 aromatic rings. The fraction of sp³-hybridized carbons (Fsp3) is 0. The lowest BCUT2D eigenvalue weighted by molar-refractivity contribution is 1.39. The highest BCUT2D eigenvalue weighted by Gasteiger charge is 1.99. The van der Waals surface area contributed by atoms with Crippen LogP contribution >= 0.6 is 11.3 Å². The summed E-state index contributed by atoms with van der Waals surface area (Å²) in [6.07, 6.45) is 6.02. The minimum absolute atomic E-state index is 0.601. The van der Waals surface area contributed by atoms with Crippen LogP contribution in [0.3, 0.4) is 0 Å². The van der Waals surface area contributed by atoms with Gasteiger partial charge in [0.15, 0.2) is 5.13 Å². The van der Waals surface area contributed by atoms with Gasteiger partial charge in [-0.05, 0) is 17.7 Å². The van der Waals surface area contributed by atoms with E-state index in [9.17, 15) is 0 Å². The summed E-state index contributed by atoms with van der Waals surface area (Å²) in [6, 6.07) is 8.22. The van der Waals surface area contributed by atoms with Crippen LogP contribution in [0.2, 0.25) is 0 Å². The highest BCUT2D eigenvalue weighted by molar-refractivity contribution is 7.13. The maximum absolute atomic E-state index is 5.59. The molecule has 4 heteroatoms. The van der Waals surface area contributed by atoms with Crippen LogP contribution in [0.25, 0.3) is 23.1 Å². The molecule has 0 atom stereocenters. The summed E-state index contributed by atoms with van der Waals surface area (Å²) in [5.74, 6) is 0. The molecule has 0 spiro atoms. The zero-order valence-electron chi connectivity index (χ0n) is 9.05. The molecule has 0 unspecified atom stereocenters. The number of H-pyrrole nitrogens is 1. The Kier molecular flexibility index (Phi) is 2.42. The van der Waals surface area contributed by atoms with Gasteiger partial charge in [0, 0.05) is 22.5 Å². The Bertz CT molecular complexity index is 679. The zero-order valence-corrected chi connectivity index (χ0v) is 9.87. The number of hydrogen-bond donors (Lipinski definition) is 2. The van der Waals surface area contributed by atoms with Crippen LogP contribution in [0, 0.1) is 0 Å². The van der Waals surface area contributed by atoms with Crippen LogP contribution < -0.4 is 5.73 Å². The number of aromatic amines is 1. The number of thiazole rings is 1. The topological polar surface area (TPSA) is 54.7 Å². The van der Waals surface area contributed by atoms with Gasteiger partial charge in [-0.25, -0.2) is 4.98 Å². The minimum atomic E-state index is 0.601. The van der Waals surface area contributed by atoms with Gasteiger partial charge in [-0.15, -0.1) is 11.3 Å². The molecular formula is C13H11N3S. The van der Waals surface area contributed by atoms with Crippen LogP contribution in [0.15, 0.2) is 35.8 Å². The molecule has 0 saturated heterocycles. The Morgan fingerprint density at radius 2 is 2.12 bits per heavy atom. The zero-order chi connectivity index (χ0) is 11.7. The lowest BCUT2D eigenvalue weighted by atomic mass is 10.1. The van der Waals surface area contributed by atoms with Crippen molar-refractivity contribution < 1.29 is 0 Å². The van der Waals surface area contributed by atoms with E-state index in [0.29, 0.717) is 5.13 Å². The fourth-order valence-electron chi connectivity index (χ4n) is 1.78. The van der Waals surface area contributed by atoms with Gasteiger partial charge in [-0.1, -0.05) is 24.3 Å². The average molecular weight is 241 g/mol. The number of benzene rings is 1. The van der Waals surface area contributed by atoms with Gasteiger partial charge in [0.25, 0.3) is 0 Å². The minimum Gasteiger partial charge on any atom is -0.375 e. The van der Waals surface area contributed by atoms with Gasteiger partial charge in [0.05, 0.1) is 5.69 Å². The van der Waals surface area contributed by atoms with E-state index in [0.717, 1.165) is 16.8 Å². The molecular weight excluding hydrogens is 230 g/mol. The molecule has 0 radical (unpaired) electrons. The highest BCUT2D eigenvalue weighted by Crippen LogP contribution is 2.20. The van der Waals surface area contributed by atoms with Crippen molar-refractivity contribution in [2.24, 2.45) is 0 Å². The SMILES string of the molecule is Nc1nc(C=Cc2c[nH]c3ccccc23)cs1. The Labute approximate surface area is 103 Å². The number of nitrogen functional groups attached to an aromatic ring is 1. The van der Waals surface area contributed by atoms with Gasteiger partial charge in [-0.3, -0.25) is 0 Å². The van der Waals surface area contributed by atoms with Gasteiger partial charge in [0.1, 0.15) is 0 Å². The molecule has 3 N–H and O–H groups in total. The summed E-state index contributed by atoms with van der Waals surface area (Å²) in [5, 5.41) is 3.76. The predicted molar refractivity (Wildman–Crippen MR) is 73.8 cm³/mol. The van der Waals surface area contributed by atoms with Crippen molar-refractivity contribution in [3.63, 3.8) is 0 Å². The molecule has 0 fully saturated rings. The monoisotopic (exact) mass is 241 g/mol. The molecule has 0 amide bonds. The molecule has 1 aromatic carbocycles. The van der Waals surface area contributed by atoms with Crippen molar-refractivity contribution in [1.29, 1.82) is 0 Å². The van der Waals surface area contributed by atoms with E-state index >= 15 is 0 Å². The Balaban J connectivity index is 1.97. The summed E-state index contributed by atoms with van der Waals surface area (Å²) in [4.78, 5) is 7.43. The third kappa shape index (κ3) is 1.94. The second-order valence-electron chi connectivity index (χ2n) is 3.73. The van der Waals surface area contributed by atoms with E-state index in [1.54, 1.807) is 0 Å². The first kappa shape index (κ1) is 10.1. The second kappa shape index (κ2) is 4.07. The van der Waals surface area contributed by atoms with Gasteiger partial charge in [-0.2, -0.15) is 0 Å². The first-order valence-corrected chi connectivity index (χ1v) is 6.16. The van der Waals surface area contributed by atoms with Crippen molar-refractivity contribution >= 4 is 39.5 Å². The van der Waals surface area contributed by atoms with E-state index in [4.69, 9.17) is 5.73 Å². The molecule has 84 valence electrons. The molecule has 17 heavy (non-hydrogen) atoms. The Hall–Kier alpha value is -2.07. The first-order chi connectivity index (χ1) is 8.33. The number of para-hydroxylation sites is 1. The maximum Gasteiger partial charge on any atom is 0.180 e. The summed E-state index contributed by atoms with van der Waals surface area (Å²) in [6.45, 7) is 0. The van der Waals surface area contributed by atoms with Gasteiger partial charge < -0.3 is 10.7 Å². The predicted octanol–water partition coefficient (Wildman–Crippen LogP) is 3.38. The van der Waals surface area contributed by atoms with Gasteiger partial charge in [0.2, 0.25) is 0 Å². The Morgan fingerprint density at radius 3 is 2.94 bits per heavy atom. The largest absolute Gasteiger partial charge is 0.375 e. The Morgan fingerprint density at radius 1 is 1.24 bits per heavy atom. The van der Waals surface area contributed by atoms with Crippen molar-refractivity contribution in [2.75, 3.05) is 5.73 Å². The smallest absolute Gasteiger partial charge is 0.180 e. The molecule has 3 rings (SSSR count). The number of fused-ring (bicyclic) bond motifs is 1. The maximum atomic E-state index is 5.59. The average Bonchev–Trinajstić information content (AvgIpc) is 2.93. The molecule has 0 bridgehead atoms. The molecule has 0 saturated carbocycles. The number of nitrogens with zero attached hydrogens (tertiary/aromatic N) is 1. The summed E-state index contributed by atoms with van der Waals surface area (Å²) in [7, 11) is 0. The van der Waals surface area contributed by atoms with Crippen molar-refractivity contribution in [3.8, 4) is 0 Å². The summed E-state index contributed by atoms with van der Waals surface area (Å²) < 4.78 is 0. The van der Waals surface area contributed by atoms with Crippen LogP contribution in [-0.2, 0) is 0 Å². The number of anilines is 1. The van der Waals surface area contributed by atoms with E-state index in [2.05, 4.69) is 22.1 Å². The van der Waals surface area contributed by atoms with E-state index in [1.807, 2.05) is 35.9 Å². The normalized spacial score (nSPS) is 11.5. The highest BCUT2D eigenvalue weighted by atomic mass is 32.1. The van der Waals surface area contributed by atoms with E-state index in [1.165, 1.54) is 16.7 Å².